The van der Waals surface area contributed by atoms with Gasteiger partial charge in [0.1, 0.15) is 39.8 Å². The van der Waals surface area contributed by atoms with Crippen LogP contribution in [0.15, 0.2) is 79.0 Å². The van der Waals surface area contributed by atoms with Crippen molar-refractivity contribution in [3.63, 3.8) is 0 Å². The molecule has 11 nitrogen and oxygen atoms in total. The molecule has 4 aromatic carbocycles. The van der Waals surface area contributed by atoms with E-state index in [-0.39, 0.29) is 60.9 Å². The highest BCUT2D eigenvalue weighted by Crippen LogP contribution is 2.49. The molecule has 61 heavy (non-hydrogen) atoms. The molecule has 1 aliphatic heterocycles. The summed E-state index contributed by atoms with van der Waals surface area (Å²) in [4.78, 5) is 35.6. The molecule has 2 aromatic heterocycles. The Balaban J connectivity index is 1.25. The molecule has 0 saturated carbocycles. The van der Waals surface area contributed by atoms with Crippen LogP contribution in [-0.4, -0.2) is 53.4 Å². The number of nitrogens with zero attached hydrogens (tertiary/aromatic N) is 4. The number of pyridine rings is 1. The van der Waals surface area contributed by atoms with E-state index < -0.39 is 41.0 Å². The maximum absolute atomic E-state index is 16.7. The smallest absolute Gasteiger partial charge is 0.412 e. The van der Waals surface area contributed by atoms with Crippen LogP contribution in [0.1, 0.15) is 71.9 Å². The van der Waals surface area contributed by atoms with E-state index in [0.717, 1.165) is 45.6 Å². The first-order valence-corrected chi connectivity index (χ1v) is 20.5. The SMILES string of the molecule is COc1ccc(CN(Cc2ccc(OC)cc2)c2ncccc2C(C)N2CCc3c(Cl)c(-c4ccc(F)c5sc(NC(=O)OC(C)(C)C)c(C#N)c45)c(F)c(O)c3C2=O)cc1. The normalized spacial score (nSPS) is 13.0. The quantitative estimate of drug-likeness (QED) is 0.130. The molecular weight excluding hydrogens is 824 g/mol. The second kappa shape index (κ2) is 17.3. The molecule has 2 N–H and O–H groups in total. The van der Waals surface area contributed by atoms with Crippen molar-refractivity contribution in [3.8, 4) is 34.4 Å². The van der Waals surface area contributed by atoms with E-state index in [2.05, 4.69) is 10.2 Å². The molecule has 0 aliphatic carbocycles. The lowest BCUT2D eigenvalue weighted by molar-refractivity contribution is 0.0633. The number of fused-ring (bicyclic) bond motifs is 2. The fourth-order valence-electron chi connectivity index (χ4n) is 7.52. The lowest BCUT2D eigenvalue weighted by Crippen LogP contribution is -2.40. The molecule has 1 aliphatic rings. The number of thiophene rings is 1. The lowest BCUT2D eigenvalue weighted by atomic mass is 9.89. The summed E-state index contributed by atoms with van der Waals surface area (Å²) >= 11 is 7.76. The molecule has 15 heteroatoms. The third-order valence-electron chi connectivity index (χ3n) is 10.4. The molecule has 6 aromatic rings. The van der Waals surface area contributed by atoms with Crippen molar-refractivity contribution in [1.29, 1.82) is 5.26 Å². The number of nitrogens with one attached hydrogen (secondary N) is 1. The molecule has 1 unspecified atom stereocenters. The topological polar surface area (TPSA) is 137 Å². The predicted octanol–water partition coefficient (Wildman–Crippen LogP) is 10.8. The number of phenolic OH excluding ortho intramolecular Hbond substituents is 1. The van der Waals surface area contributed by atoms with Crippen LogP contribution in [0.25, 0.3) is 21.2 Å². The van der Waals surface area contributed by atoms with Crippen molar-refractivity contribution in [1.82, 2.24) is 9.88 Å². The summed E-state index contributed by atoms with van der Waals surface area (Å²) in [6.45, 7) is 7.91. The minimum atomic E-state index is -1.22. The van der Waals surface area contributed by atoms with Gasteiger partial charge in [0.05, 0.1) is 41.1 Å². The number of hydrogen-bond acceptors (Lipinski definition) is 10. The van der Waals surface area contributed by atoms with Crippen LogP contribution in [0.4, 0.5) is 24.4 Å². The molecule has 0 saturated heterocycles. The standard InChI is InChI=1S/C46H42ClF2N5O6S/c1-25(30-8-7-20-51-42(30)53(23-26-9-13-28(58-5)14-10-26)24-27-11-15-29(59-6)16-12-27)54-21-19-32-37(44(54)56)40(55)39(49)36(38(32)47)31-17-18-34(48)41-35(31)33(22-50)43(61-41)52-45(57)60-46(2,3)4/h7-18,20,25,55H,19,21,23-24H2,1-6H3,(H,52,57). The van der Waals surface area contributed by atoms with Crippen molar-refractivity contribution in [2.45, 2.75) is 58.8 Å². The van der Waals surface area contributed by atoms with Gasteiger partial charge in [-0.05, 0) is 92.8 Å². The van der Waals surface area contributed by atoms with Gasteiger partial charge >= 0.3 is 6.09 Å². The Morgan fingerprint density at radius 3 is 2.21 bits per heavy atom. The maximum Gasteiger partial charge on any atom is 0.412 e. The second-order valence-corrected chi connectivity index (χ2v) is 16.8. The van der Waals surface area contributed by atoms with Gasteiger partial charge < -0.3 is 29.1 Å². The number of carbonyl (C=O) groups excluding carboxylic acids is 2. The Morgan fingerprint density at radius 1 is 1.02 bits per heavy atom. The summed E-state index contributed by atoms with van der Waals surface area (Å²) in [6.07, 6.45) is 0.947. The first kappa shape index (κ1) is 42.7. The summed E-state index contributed by atoms with van der Waals surface area (Å²) in [5, 5.41) is 24.1. The molecule has 0 fully saturated rings. The van der Waals surface area contributed by atoms with Gasteiger partial charge in [-0.3, -0.25) is 10.1 Å². The first-order valence-electron chi connectivity index (χ1n) is 19.3. The van der Waals surface area contributed by atoms with Crippen LogP contribution in [0, 0.1) is 23.0 Å². The number of hydrogen-bond donors (Lipinski definition) is 2. The van der Waals surface area contributed by atoms with Gasteiger partial charge in [-0.2, -0.15) is 5.26 Å². The molecule has 0 spiro atoms. The largest absolute Gasteiger partial charge is 0.504 e. The number of methoxy groups -OCH3 is 2. The van der Waals surface area contributed by atoms with E-state index in [1.807, 2.05) is 67.6 Å². The van der Waals surface area contributed by atoms with Gasteiger partial charge in [-0.1, -0.05) is 48.0 Å². The maximum atomic E-state index is 16.7. The number of rotatable bonds is 11. The number of nitriles is 1. The molecule has 0 bridgehead atoms. The van der Waals surface area contributed by atoms with Crippen LogP contribution < -0.4 is 19.7 Å². The average Bonchev–Trinajstić information content (AvgIpc) is 3.61. The number of phenols is 1. The number of aromatic hydroxyl groups is 1. The van der Waals surface area contributed by atoms with Gasteiger partial charge in [-0.25, -0.2) is 18.6 Å². The lowest BCUT2D eigenvalue weighted by Gasteiger charge is -2.37. The van der Waals surface area contributed by atoms with Gasteiger partial charge in [0.15, 0.2) is 11.6 Å². The van der Waals surface area contributed by atoms with Crippen LogP contribution in [0.3, 0.4) is 0 Å². The average molecular weight is 866 g/mol. The number of benzene rings is 4. The molecule has 1 atom stereocenters. The third-order valence-corrected chi connectivity index (χ3v) is 11.9. The van der Waals surface area contributed by atoms with Gasteiger partial charge in [-0.15, -0.1) is 11.3 Å². The van der Waals surface area contributed by atoms with Crippen LogP contribution >= 0.6 is 22.9 Å². The highest BCUT2D eigenvalue weighted by molar-refractivity contribution is 7.23. The van der Waals surface area contributed by atoms with Crippen molar-refractivity contribution in [2.24, 2.45) is 0 Å². The van der Waals surface area contributed by atoms with Crippen molar-refractivity contribution in [2.75, 3.05) is 31.0 Å². The number of carbonyl (C=O) groups is 2. The monoisotopic (exact) mass is 865 g/mol. The van der Waals surface area contributed by atoms with Crippen molar-refractivity contribution < 1.29 is 37.7 Å². The Kier molecular flexibility index (Phi) is 12.1. The fraction of sp³-hybridized carbons (Fsp3) is 0.261. The summed E-state index contributed by atoms with van der Waals surface area (Å²) in [7, 11) is 3.22. The molecular formula is C46H42ClF2N5O6S. The molecule has 3 heterocycles. The van der Waals surface area contributed by atoms with E-state index >= 15 is 8.78 Å². The summed E-state index contributed by atoms with van der Waals surface area (Å²) in [6, 6.07) is 22.9. The van der Waals surface area contributed by atoms with Gasteiger partial charge in [0.2, 0.25) is 0 Å². The van der Waals surface area contributed by atoms with Gasteiger partial charge in [0.25, 0.3) is 5.91 Å². The first-order chi connectivity index (χ1) is 29.1. The van der Waals surface area contributed by atoms with Crippen LogP contribution in [-0.2, 0) is 24.2 Å². The van der Waals surface area contributed by atoms with E-state index in [9.17, 15) is 20.0 Å². The fourth-order valence-corrected chi connectivity index (χ4v) is 8.97. The molecule has 7 rings (SSSR count). The van der Waals surface area contributed by atoms with Crippen molar-refractivity contribution >= 4 is 55.8 Å². The minimum Gasteiger partial charge on any atom is -0.504 e. The Hall–Kier alpha value is -6.43. The zero-order chi connectivity index (χ0) is 43.7. The van der Waals surface area contributed by atoms with E-state index in [1.54, 1.807) is 52.2 Å². The second-order valence-electron chi connectivity index (χ2n) is 15.4. The van der Waals surface area contributed by atoms with Crippen molar-refractivity contribution in [3.05, 3.63) is 129 Å². The van der Waals surface area contributed by atoms with E-state index in [0.29, 0.717) is 18.9 Å². The van der Waals surface area contributed by atoms with E-state index in [4.69, 9.17) is 30.8 Å². The molecule has 0 radical (unpaired) electrons. The zero-order valence-electron chi connectivity index (χ0n) is 34.2. The predicted molar refractivity (Wildman–Crippen MR) is 232 cm³/mol. The summed E-state index contributed by atoms with van der Waals surface area (Å²) < 4.78 is 48.1. The molecule has 2 amide bonds. The van der Waals surface area contributed by atoms with Crippen LogP contribution in [0.2, 0.25) is 5.02 Å². The Morgan fingerprint density at radius 2 is 1.64 bits per heavy atom. The minimum absolute atomic E-state index is 0.000835. The molecule has 314 valence electrons. The summed E-state index contributed by atoms with van der Waals surface area (Å²) in [5.41, 5.74) is 1.30. The zero-order valence-corrected chi connectivity index (χ0v) is 35.8. The Labute approximate surface area is 360 Å². The third kappa shape index (κ3) is 8.49. The van der Waals surface area contributed by atoms with Crippen LogP contribution in [0.5, 0.6) is 17.2 Å². The number of anilines is 2. The van der Waals surface area contributed by atoms with Gasteiger partial charge in [0, 0.05) is 42.3 Å². The number of ether oxygens (including phenoxy) is 3. The Bertz CT molecular complexity index is 2650. The number of halogens is 3. The summed E-state index contributed by atoms with van der Waals surface area (Å²) in [5.74, 6) is -1.46. The number of aromatic nitrogens is 1. The van der Waals surface area contributed by atoms with E-state index in [1.165, 1.54) is 6.07 Å². The number of amides is 2. The highest BCUT2D eigenvalue weighted by atomic mass is 35.5. The highest BCUT2D eigenvalue weighted by Gasteiger charge is 2.38.